The number of hydrogen-bond acceptors (Lipinski definition) is 6. The average Bonchev–Trinajstić information content (AvgIpc) is 3.43. The van der Waals surface area contributed by atoms with Crippen molar-refractivity contribution < 1.29 is 28.6 Å². The molecule has 0 aromatic rings. The van der Waals surface area contributed by atoms with Gasteiger partial charge in [-0.25, -0.2) is 0 Å². The van der Waals surface area contributed by atoms with E-state index in [1.807, 2.05) is 0 Å². The summed E-state index contributed by atoms with van der Waals surface area (Å²) in [5.41, 5.74) is 0. The van der Waals surface area contributed by atoms with Gasteiger partial charge in [0.2, 0.25) is 0 Å². The second-order valence-corrected chi connectivity index (χ2v) is 19.1. The maximum atomic E-state index is 12.9. The normalized spacial score (nSPS) is 13.4. The van der Waals surface area contributed by atoms with Crippen molar-refractivity contribution in [2.24, 2.45) is 0 Å². The molecule has 0 saturated carbocycles. The molecule has 0 N–H and O–H groups in total. The average molecular weight is 1060 g/mol. The Morgan fingerprint density at radius 3 is 0.831 bits per heavy atom. The summed E-state index contributed by atoms with van der Waals surface area (Å²) in [6, 6.07) is 0. The predicted octanol–water partition coefficient (Wildman–Crippen LogP) is 20.9. The lowest BCUT2D eigenvalue weighted by molar-refractivity contribution is -0.167. The largest absolute Gasteiger partial charge is 0.462 e. The monoisotopic (exact) mass is 1060 g/mol. The van der Waals surface area contributed by atoms with Crippen molar-refractivity contribution in [2.75, 3.05) is 13.2 Å². The zero-order valence-corrected chi connectivity index (χ0v) is 48.9. The molecule has 428 valence electrons. The first-order valence-corrected chi connectivity index (χ1v) is 30.3. The molecule has 0 saturated heterocycles. The Morgan fingerprint density at radius 2 is 0.506 bits per heavy atom. The van der Waals surface area contributed by atoms with Crippen LogP contribution in [0.4, 0.5) is 0 Å². The molecular weight excluding hydrogens is 949 g/mol. The van der Waals surface area contributed by atoms with E-state index in [0.717, 1.165) is 167 Å². The summed E-state index contributed by atoms with van der Waals surface area (Å²) >= 11 is 0. The molecule has 0 bridgehead atoms. The lowest BCUT2D eigenvalue weighted by atomic mass is 10.1. The predicted molar refractivity (Wildman–Crippen MR) is 334 cm³/mol. The first kappa shape index (κ1) is 71.5. The smallest absolute Gasteiger partial charge is 0.306 e. The van der Waals surface area contributed by atoms with E-state index in [0.29, 0.717) is 19.3 Å². The molecule has 0 aliphatic heterocycles. The highest BCUT2D eigenvalue weighted by molar-refractivity contribution is 5.71. The van der Waals surface area contributed by atoms with Gasteiger partial charge in [-0.2, -0.15) is 0 Å². The van der Waals surface area contributed by atoms with Gasteiger partial charge >= 0.3 is 17.9 Å². The van der Waals surface area contributed by atoms with Crippen LogP contribution < -0.4 is 0 Å². The molecule has 0 rings (SSSR count). The highest BCUT2D eigenvalue weighted by Crippen LogP contribution is 2.12. The van der Waals surface area contributed by atoms with E-state index in [-0.39, 0.29) is 44.0 Å². The summed E-state index contributed by atoms with van der Waals surface area (Å²) in [5, 5.41) is 0. The van der Waals surface area contributed by atoms with E-state index in [1.165, 1.54) is 6.42 Å². The molecule has 77 heavy (non-hydrogen) atoms. The van der Waals surface area contributed by atoms with Gasteiger partial charge in [0, 0.05) is 19.3 Å². The topological polar surface area (TPSA) is 78.9 Å². The van der Waals surface area contributed by atoms with Gasteiger partial charge in [0.05, 0.1) is 0 Å². The van der Waals surface area contributed by atoms with Crippen LogP contribution in [0.2, 0.25) is 0 Å². The van der Waals surface area contributed by atoms with Gasteiger partial charge in [-0.3, -0.25) is 14.4 Å². The molecule has 0 heterocycles. The van der Waals surface area contributed by atoms with Crippen molar-refractivity contribution in [2.45, 2.75) is 232 Å². The SMILES string of the molecule is CC/C=C\C/C=C\C/C=C\C/C=C\C/C=C\C/C=C\C/C=C\C/C=C\CCCCC(=O)OCC(COC(=O)CCCCCCC/C=C\C/C=C\CCC)OC(=O)CCCCC/C=C\C/C=C\C/C=C\C/C=C\C/C=C\CC. The van der Waals surface area contributed by atoms with Crippen molar-refractivity contribution in [1.82, 2.24) is 0 Å². The molecular formula is C71H108O6. The molecule has 0 radical (unpaired) electrons. The summed E-state index contributed by atoms with van der Waals surface area (Å²) in [7, 11) is 0. The van der Waals surface area contributed by atoms with E-state index in [4.69, 9.17) is 14.2 Å². The van der Waals surface area contributed by atoms with Crippen LogP contribution in [0.5, 0.6) is 0 Å². The van der Waals surface area contributed by atoms with Gasteiger partial charge < -0.3 is 14.2 Å². The Kier molecular flexibility index (Phi) is 58.6. The molecule has 0 aromatic heterocycles. The third-order valence-electron chi connectivity index (χ3n) is 11.9. The first-order chi connectivity index (χ1) is 38.0. The fourth-order valence-electron chi connectivity index (χ4n) is 7.40. The molecule has 6 heteroatoms. The van der Waals surface area contributed by atoms with Crippen LogP contribution in [0.1, 0.15) is 226 Å². The second kappa shape index (κ2) is 63.0. The number of rotatable bonds is 52. The number of esters is 3. The van der Waals surface area contributed by atoms with Gasteiger partial charge in [0.25, 0.3) is 0 Å². The number of allylic oxidation sites excluding steroid dienone is 30. The summed E-state index contributed by atoms with van der Waals surface area (Å²) in [5.74, 6) is -1.02. The van der Waals surface area contributed by atoms with Crippen LogP contribution in [0.25, 0.3) is 0 Å². The molecule has 6 nitrogen and oxygen atoms in total. The standard InChI is InChI=1S/C71H108O6/c1-4-7-10-13-16-19-22-25-27-29-31-32-33-34-35-36-37-38-40-41-43-46-49-52-55-58-61-64-70(73)76-67-68(66-75-69(72)63-60-57-54-51-48-45-24-21-18-15-12-9-6-3)77-71(74)65-62-59-56-53-50-47-44-42-39-30-28-26-23-20-17-14-11-8-5-2/h7-8,10-12,15-17,19-21,24-28,31-32,34-35,37-39,41-43,47,49-50,52,68H,4-6,9,13-14,18,22-23,29-30,33,36,40,44-46,48,51,53-67H2,1-3H3/b10-7-,11-8-,15-12-,19-16-,20-17-,24-21-,27-25-,28-26-,32-31-,35-34-,38-37-,42-39-,43-41-,50-47-,52-49-. The Balaban J connectivity index is 4.54. The number of ether oxygens (including phenoxy) is 3. The van der Waals surface area contributed by atoms with Crippen LogP contribution in [-0.4, -0.2) is 37.2 Å². The van der Waals surface area contributed by atoms with Crippen molar-refractivity contribution >= 4 is 17.9 Å². The van der Waals surface area contributed by atoms with Crippen LogP contribution >= 0.6 is 0 Å². The summed E-state index contributed by atoms with van der Waals surface area (Å²) in [6.07, 6.45) is 94.6. The van der Waals surface area contributed by atoms with Gasteiger partial charge in [-0.1, -0.05) is 235 Å². The molecule has 1 atom stereocenters. The minimum absolute atomic E-state index is 0.122. The Bertz CT molecular complexity index is 1840. The number of carbonyl (C=O) groups is 3. The third kappa shape index (κ3) is 61.2. The molecule has 0 amide bonds. The van der Waals surface area contributed by atoms with Crippen molar-refractivity contribution in [3.63, 3.8) is 0 Å². The lowest BCUT2D eigenvalue weighted by Crippen LogP contribution is -2.30. The molecule has 0 spiro atoms. The van der Waals surface area contributed by atoms with E-state index in [1.54, 1.807) is 0 Å². The fourth-order valence-corrected chi connectivity index (χ4v) is 7.40. The van der Waals surface area contributed by atoms with Gasteiger partial charge in [-0.05, 0) is 154 Å². The highest BCUT2D eigenvalue weighted by atomic mass is 16.6. The van der Waals surface area contributed by atoms with Gasteiger partial charge in [0.1, 0.15) is 13.2 Å². The quantitative estimate of drug-likeness (QED) is 0.0261. The Hall–Kier alpha value is -5.49. The van der Waals surface area contributed by atoms with Gasteiger partial charge in [0.15, 0.2) is 6.10 Å². The summed E-state index contributed by atoms with van der Waals surface area (Å²) in [6.45, 7) is 6.25. The highest BCUT2D eigenvalue weighted by Gasteiger charge is 2.19. The second-order valence-electron chi connectivity index (χ2n) is 19.1. The minimum atomic E-state index is -0.831. The van der Waals surface area contributed by atoms with E-state index in [2.05, 4.69) is 203 Å². The third-order valence-corrected chi connectivity index (χ3v) is 11.9. The van der Waals surface area contributed by atoms with Crippen LogP contribution in [-0.2, 0) is 28.6 Å². The van der Waals surface area contributed by atoms with Crippen molar-refractivity contribution in [3.8, 4) is 0 Å². The zero-order valence-electron chi connectivity index (χ0n) is 48.9. The van der Waals surface area contributed by atoms with Crippen molar-refractivity contribution in [1.29, 1.82) is 0 Å². The van der Waals surface area contributed by atoms with Crippen LogP contribution in [0.15, 0.2) is 182 Å². The van der Waals surface area contributed by atoms with Crippen LogP contribution in [0.3, 0.4) is 0 Å². The van der Waals surface area contributed by atoms with Gasteiger partial charge in [-0.15, -0.1) is 0 Å². The van der Waals surface area contributed by atoms with E-state index >= 15 is 0 Å². The summed E-state index contributed by atoms with van der Waals surface area (Å²) in [4.78, 5) is 38.2. The van der Waals surface area contributed by atoms with E-state index < -0.39 is 6.10 Å². The molecule has 0 aromatic carbocycles. The minimum Gasteiger partial charge on any atom is -0.462 e. The maximum Gasteiger partial charge on any atom is 0.306 e. The van der Waals surface area contributed by atoms with Crippen LogP contribution in [0, 0.1) is 0 Å². The van der Waals surface area contributed by atoms with Crippen molar-refractivity contribution in [3.05, 3.63) is 182 Å². The zero-order chi connectivity index (χ0) is 55.7. The van der Waals surface area contributed by atoms with E-state index in [9.17, 15) is 14.4 Å². The fraction of sp³-hybridized carbons (Fsp3) is 0.535. The molecule has 0 aliphatic rings. The number of carbonyl (C=O) groups excluding carboxylic acids is 3. The Morgan fingerprint density at radius 1 is 0.273 bits per heavy atom. The molecule has 1 unspecified atom stereocenters. The molecule has 0 aliphatic carbocycles. The number of unbranched alkanes of at least 4 members (excludes halogenated alkanes) is 11. The number of hydrogen-bond donors (Lipinski definition) is 0. The molecule has 0 fully saturated rings. The lowest BCUT2D eigenvalue weighted by Gasteiger charge is -2.18. The summed E-state index contributed by atoms with van der Waals surface area (Å²) < 4.78 is 16.8. The maximum absolute atomic E-state index is 12.9. The first-order valence-electron chi connectivity index (χ1n) is 30.3. The Labute approximate surface area is 472 Å².